The van der Waals surface area contributed by atoms with Crippen LogP contribution in [0.2, 0.25) is 0 Å². The normalized spacial score (nSPS) is 18.8. The Morgan fingerprint density at radius 1 is 1.06 bits per heavy atom. The third kappa shape index (κ3) is 3.49. The standard InChI is InChI=1S/C25H26N6O/c1-30-13-10-17-7-8-20(15-19(17)16-30)27-25-28-23-21(9-12-26-23)24(29-25)31-22(11-14-32-31)18-5-3-2-4-6-18/h2-9,12,15,22H,10-11,13-14,16H2,1H3,(H2,26,27,28,29)/t22-/m0/s1. The first-order valence-corrected chi connectivity index (χ1v) is 11.1. The Morgan fingerprint density at radius 2 is 1.97 bits per heavy atom. The van der Waals surface area contributed by atoms with Crippen molar-refractivity contribution in [3.05, 3.63) is 77.5 Å². The predicted molar refractivity (Wildman–Crippen MR) is 126 cm³/mol. The van der Waals surface area contributed by atoms with E-state index >= 15 is 0 Å². The number of nitrogens with one attached hydrogen (secondary N) is 2. The van der Waals surface area contributed by atoms with E-state index in [0.29, 0.717) is 12.6 Å². The molecule has 2 aliphatic rings. The average molecular weight is 427 g/mol. The van der Waals surface area contributed by atoms with Crippen molar-refractivity contribution >= 4 is 28.5 Å². The van der Waals surface area contributed by atoms with Crippen LogP contribution in [0.15, 0.2) is 60.8 Å². The van der Waals surface area contributed by atoms with E-state index in [1.807, 2.05) is 23.4 Å². The third-order valence-corrected chi connectivity index (χ3v) is 6.36. The first-order chi connectivity index (χ1) is 15.7. The fourth-order valence-corrected chi connectivity index (χ4v) is 4.71. The van der Waals surface area contributed by atoms with Crippen molar-refractivity contribution in [1.29, 1.82) is 0 Å². The third-order valence-electron chi connectivity index (χ3n) is 6.36. The molecule has 7 heteroatoms. The van der Waals surface area contributed by atoms with Gasteiger partial charge in [0.05, 0.1) is 18.0 Å². The van der Waals surface area contributed by atoms with Crippen molar-refractivity contribution in [2.24, 2.45) is 0 Å². The van der Waals surface area contributed by atoms with E-state index in [-0.39, 0.29) is 6.04 Å². The molecule has 4 heterocycles. The molecule has 0 aliphatic carbocycles. The quantitative estimate of drug-likeness (QED) is 0.498. The second-order valence-corrected chi connectivity index (χ2v) is 8.58. The molecule has 4 aromatic rings. The van der Waals surface area contributed by atoms with Gasteiger partial charge in [-0.2, -0.15) is 9.97 Å². The summed E-state index contributed by atoms with van der Waals surface area (Å²) >= 11 is 0. The number of rotatable bonds is 4. The van der Waals surface area contributed by atoms with Crippen molar-refractivity contribution in [3.8, 4) is 0 Å². The van der Waals surface area contributed by atoms with Gasteiger partial charge in [-0.1, -0.05) is 36.4 Å². The number of aromatic nitrogens is 3. The highest BCUT2D eigenvalue weighted by molar-refractivity contribution is 5.88. The maximum absolute atomic E-state index is 6.07. The van der Waals surface area contributed by atoms with E-state index in [0.717, 1.165) is 48.5 Å². The van der Waals surface area contributed by atoms with Crippen LogP contribution in [0.25, 0.3) is 11.0 Å². The van der Waals surface area contributed by atoms with Crippen LogP contribution < -0.4 is 10.4 Å². The molecule has 0 amide bonds. The molecule has 7 nitrogen and oxygen atoms in total. The molecule has 32 heavy (non-hydrogen) atoms. The number of aromatic amines is 1. The van der Waals surface area contributed by atoms with Crippen LogP contribution in [0, 0.1) is 0 Å². The molecule has 1 atom stereocenters. The SMILES string of the molecule is CN1CCc2ccc(Nc3nc(N4OCC[C@H]4c4ccccc4)c4cc[nH]c4n3)cc2C1. The summed E-state index contributed by atoms with van der Waals surface area (Å²) < 4.78 is 0. The number of benzene rings is 2. The Hall–Kier alpha value is -3.42. The van der Waals surface area contributed by atoms with Crippen molar-refractivity contribution in [2.45, 2.75) is 25.4 Å². The fourth-order valence-electron chi connectivity index (χ4n) is 4.71. The van der Waals surface area contributed by atoms with Gasteiger partial charge < -0.3 is 15.2 Å². The van der Waals surface area contributed by atoms with Crippen LogP contribution in [0.4, 0.5) is 17.5 Å². The van der Waals surface area contributed by atoms with Crippen LogP contribution in [0.5, 0.6) is 0 Å². The van der Waals surface area contributed by atoms with Gasteiger partial charge in [0.1, 0.15) is 5.65 Å². The van der Waals surface area contributed by atoms with Gasteiger partial charge in [0.15, 0.2) is 5.82 Å². The molecule has 2 aliphatic heterocycles. The largest absolute Gasteiger partial charge is 0.346 e. The Morgan fingerprint density at radius 3 is 2.88 bits per heavy atom. The van der Waals surface area contributed by atoms with Crippen molar-refractivity contribution in [2.75, 3.05) is 30.6 Å². The summed E-state index contributed by atoms with van der Waals surface area (Å²) in [6, 6.07) is 19.1. The maximum atomic E-state index is 6.07. The number of anilines is 3. The summed E-state index contributed by atoms with van der Waals surface area (Å²) in [5.41, 5.74) is 5.79. The molecule has 2 N–H and O–H groups in total. The van der Waals surface area contributed by atoms with Crippen LogP contribution in [0.3, 0.4) is 0 Å². The lowest BCUT2D eigenvalue weighted by Crippen LogP contribution is -2.26. The zero-order valence-electron chi connectivity index (χ0n) is 18.1. The van der Waals surface area contributed by atoms with E-state index in [4.69, 9.17) is 14.8 Å². The van der Waals surface area contributed by atoms with Crippen LogP contribution in [-0.4, -0.2) is 40.1 Å². The zero-order chi connectivity index (χ0) is 21.5. The molecule has 0 radical (unpaired) electrons. The topological polar surface area (TPSA) is 69.3 Å². The predicted octanol–water partition coefficient (Wildman–Crippen LogP) is 4.57. The summed E-state index contributed by atoms with van der Waals surface area (Å²) in [6.45, 7) is 2.73. The fraction of sp³-hybridized carbons (Fsp3) is 0.280. The van der Waals surface area contributed by atoms with Crippen LogP contribution >= 0.6 is 0 Å². The van der Waals surface area contributed by atoms with Crippen molar-refractivity contribution in [3.63, 3.8) is 0 Å². The molecule has 0 spiro atoms. The van der Waals surface area contributed by atoms with Crippen molar-refractivity contribution < 1.29 is 4.84 Å². The molecular formula is C25H26N6O. The lowest BCUT2D eigenvalue weighted by atomic mass is 9.99. The highest BCUT2D eigenvalue weighted by Crippen LogP contribution is 2.37. The second kappa shape index (κ2) is 7.93. The minimum Gasteiger partial charge on any atom is -0.346 e. The number of fused-ring (bicyclic) bond motifs is 2. The summed E-state index contributed by atoms with van der Waals surface area (Å²) in [6.07, 6.45) is 3.91. The van der Waals surface area contributed by atoms with Gasteiger partial charge in [0.25, 0.3) is 0 Å². The van der Waals surface area contributed by atoms with Gasteiger partial charge in [-0.05, 0) is 48.4 Å². The average Bonchev–Trinajstić information content (AvgIpc) is 3.49. The highest BCUT2D eigenvalue weighted by Gasteiger charge is 2.31. The number of H-pyrrole nitrogens is 1. The van der Waals surface area contributed by atoms with E-state index in [1.165, 1.54) is 16.7 Å². The zero-order valence-corrected chi connectivity index (χ0v) is 18.1. The number of hydrogen-bond donors (Lipinski definition) is 2. The first kappa shape index (κ1) is 19.3. The molecule has 2 aromatic heterocycles. The minimum atomic E-state index is 0.122. The molecule has 1 saturated heterocycles. The van der Waals surface area contributed by atoms with Gasteiger partial charge in [0, 0.05) is 31.4 Å². The molecule has 1 fully saturated rings. The Balaban J connectivity index is 1.36. The highest BCUT2D eigenvalue weighted by atomic mass is 16.7. The lowest BCUT2D eigenvalue weighted by molar-refractivity contribution is 0.157. The van der Waals surface area contributed by atoms with E-state index in [9.17, 15) is 0 Å². The van der Waals surface area contributed by atoms with Crippen LogP contribution in [-0.2, 0) is 17.8 Å². The number of likely N-dealkylation sites (N-methyl/N-ethyl adjacent to an activating group) is 1. The Bertz CT molecular complexity index is 1250. The van der Waals surface area contributed by atoms with Crippen LogP contribution in [0.1, 0.15) is 29.2 Å². The second-order valence-electron chi connectivity index (χ2n) is 8.58. The summed E-state index contributed by atoms with van der Waals surface area (Å²) in [4.78, 5) is 21.3. The van der Waals surface area contributed by atoms with Gasteiger partial charge in [-0.3, -0.25) is 4.84 Å². The monoisotopic (exact) mass is 426 g/mol. The van der Waals surface area contributed by atoms with Gasteiger partial charge in [-0.15, -0.1) is 0 Å². The molecule has 0 unspecified atom stereocenters. The molecular weight excluding hydrogens is 400 g/mol. The van der Waals surface area contributed by atoms with E-state index in [1.54, 1.807) is 0 Å². The maximum Gasteiger partial charge on any atom is 0.231 e. The van der Waals surface area contributed by atoms with Gasteiger partial charge >= 0.3 is 0 Å². The molecule has 2 aromatic carbocycles. The molecule has 6 rings (SSSR count). The number of hydroxylamine groups is 1. The number of hydrogen-bond acceptors (Lipinski definition) is 6. The first-order valence-electron chi connectivity index (χ1n) is 11.1. The van der Waals surface area contributed by atoms with E-state index < -0.39 is 0 Å². The molecule has 162 valence electrons. The minimum absolute atomic E-state index is 0.122. The summed E-state index contributed by atoms with van der Waals surface area (Å²) in [5, 5.41) is 6.32. The Kier molecular flexibility index (Phi) is 4.78. The Labute approximate surface area is 187 Å². The van der Waals surface area contributed by atoms with Gasteiger partial charge in [-0.25, -0.2) is 5.06 Å². The van der Waals surface area contributed by atoms with Gasteiger partial charge in [0.2, 0.25) is 5.95 Å². The number of nitrogens with zero attached hydrogens (tertiary/aromatic N) is 4. The lowest BCUT2D eigenvalue weighted by Gasteiger charge is -2.26. The van der Waals surface area contributed by atoms with Crippen molar-refractivity contribution in [1.82, 2.24) is 19.9 Å². The smallest absolute Gasteiger partial charge is 0.231 e. The molecule has 0 saturated carbocycles. The van der Waals surface area contributed by atoms with E-state index in [2.05, 4.69) is 64.7 Å². The molecule has 0 bridgehead atoms. The summed E-state index contributed by atoms with van der Waals surface area (Å²) in [7, 11) is 2.16. The summed E-state index contributed by atoms with van der Waals surface area (Å²) in [5.74, 6) is 1.34.